The monoisotopic (exact) mass is 504 g/mol. The van der Waals surface area contributed by atoms with Crippen LogP contribution >= 0.6 is 12.2 Å². The number of methoxy groups -OCH3 is 1. The van der Waals surface area contributed by atoms with E-state index in [0.717, 1.165) is 17.1 Å². The summed E-state index contributed by atoms with van der Waals surface area (Å²) >= 11 is 5.95. The predicted octanol–water partition coefficient (Wildman–Crippen LogP) is 6.83. The summed E-state index contributed by atoms with van der Waals surface area (Å²) in [5.41, 5.74) is 6.58. The Hall–Kier alpha value is -4.16. The topological polar surface area (TPSA) is 42.3 Å². The number of hydrogen-bond acceptors (Lipinski definition) is 3. The molecule has 184 valence electrons. The third-order valence-corrected chi connectivity index (χ3v) is 7.55. The minimum Gasteiger partial charge on any atom is -0.495 e. The van der Waals surface area contributed by atoms with Crippen LogP contribution in [-0.4, -0.2) is 21.8 Å². The molecule has 0 spiro atoms. The molecule has 2 atom stereocenters. The van der Waals surface area contributed by atoms with Gasteiger partial charge in [0.2, 0.25) is 0 Å². The Bertz CT molecular complexity index is 1610. The number of aromatic nitrogens is 2. The van der Waals surface area contributed by atoms with E-state index in [4.69, 9.17) is 21.9 Å². The van der Waals surface area contributed by atoms with Gasteiger partial charge >= 0.3 is 0 Å². The van der Waals surface area contributed by atoms with Gasteiger partial charge in [-0.05, 0) is 73.4 Å². The first-order valence-electron chi connectivity index (χ1n) is 12.4. The highest BCUT2D eigenvalue weighted by Crippen LogP contribution is 2.46. The van der Waals surface area contributed by atoms with Crippen molar-refractivity contribution in [2.24, 2.45) is 0 Å². The van der Waals surface area contributed by atoms with Crippen LogP contribution in [0, 0.1) is 13.8 Å². The van der Waals surface area contributed by atoms with E-state index in [2.05, 4.69) is 89.3 Å². The molecule has 1 aliphatic heterocycles. The van der Waals surface area contributed by atoms with E-state index in [1.54, 1.807) is 7.11 Å². The van der Waals surface area contributed by atoms with E-state index in [1.165, 1.54) is 33.4 Å². The van der Waals surface area contributed by atoms with Gasteiger partial charge in [0.25, 0.3) is 0 Å². The smallest absolute Gasteiger partial charge is 0.174 e. The Morgan fingerprint density at radius 1 is 0.865 bits per heavy atom. The van der Waals surface area contributed by atoms with Crippen molar-refractivity contribution in [3.8, 4) is 11.4 Å². The maximum absolute atomic E-state index is 5.95. The fourth-order valence-corrected chi connectivity index (χ4v) is 5.96. The second-order valence-electron chi connectivity index (χ2n) is 9.33. The van der Waals surface area contributed by atoms with Crippen molar-refractivity contribution >= 4 is 33.8 Å². The van der Waals surface area contributed by atoms with Crippen LogP contribution in [0.25, 0.3) is 16.5 Å². The quantitative estimate of drug-likeness (QED) is 0.266. The molecule has 1 saturated heterocycles. The molecule has 1 fully saturated rings. The van der Waals surface area contributed by atoms with Gasteiger partial charge in [0.05, 0.1) is 36.3 Å². The highest BCUT2D eigenvalue weighted by atomic mass is 32.1. The molecule has 0 saturated carbocycles. The molecule has 0 bridgehead atoms. The molecule has 37 heavy (non-hydrogen) atoms. The Morgan fingerprint density at radius 3 is 2.41 bits per heavy atom. The molecule has 1 N–H and O–H groups in total. The predicted molar refractivity (Wildman–Crippen MR) is 154 cm³/mol. The average molecular weight is 505 g/mol. The molecule has 5 nitrogen and oxygen atoms in total. The Morgan fingerprint density at radius 2 is 1.59 bits per heavy atom. The third kappa shape index (κ3) is 3.85. The maximum atomic E-state index is 5.95. The highest BCUT2D eigenvalue weighted by molar-refractivity contribution is 7.80. The molecule has 6 rings (SSSR count). The fraction of sp³-hybridized carbons (Fsp3) is 0.161. The number of ether oxygens (including phenoxy) is 1. The van der Waals surface area contributed by atoms with Crippen molar-refractivity contribution in [2.45, 2.75) is 25.9 Å². The van der Waals surface area contributed by atoms with Crippen LogP contribution < -0.4 is 15.0 Å². The van der Waals surface area contributed by atoms with Gasteiger partial charge in [-0.1, -0.05) is 54.6 Å². The summed E-state index contributed by atoms with van der Waals surface area (Å²) in [6.45, 7) is 4.36. The largest absolute Gasteiger partial charge is 0.495 e. The summed E-state index contributed by atoms with van der Waals surface area (Å²) in [5, 5.41) is 6.67. The summed E-state index contributed by atoms with van der Waals surface area (Å²) < 4.78 is 8.11. The van der Waals surface area contributed by atoms with Crippen LogP contribution in [0.15, 0.2) is 97.2 Å². The summed E-state index contributed by atoms with van der Waals surface area (Å²) in [6, 6.07) is 31.1. The number of aryl methyl sites for hydroxylation is 1. The van der Waals surface area contributed by atoms with Crippen LogP contribution in [0.2, 0.25) is 0 Å². The zero-order valence-electron chi connectivity index (χ0n) is 21.1. The molecule has 3 aromatic carbocycles. The van der Waals surface area contributed by atoms with Crippen LogP contribution in [0.3, 0.4) is 0 Å². The molecule has 5 aromatic rings. The molecular formula is C31H28N4OS. The zero-order valence-corrected chi connectivity index (χ0v) is 21.9. The molecule has 2 aromatic heterocycles. The van der Waals surface area contributed by atoms with Gasteiger partial charge in [-0.25, -0.2) is 0 Å². The highest BCUT2D eigenvalue weighted by Gasteiger charge is 2.43. The second kappa shape index (κ2) is 9.37. The zero-order chi connectivity index (χ0) is 25.5. The van der Waals surface area contributed by atoms with E-state index in [-0.39, 0.29) is 12.1 Å². The number of rotatable bonds is 5. The summed E-state index contributed by atoms with van der Waals surface area (Å²) in [5.74, 6) is 0.779. The van der Waals surface area contributed by atoms with Gasteiger partial charge in [-0.3, -0.25) is 4.98 Å². The van der Waals surface area contributed by atoms with Crippen molar-refractivity contribution in [3.05, 3.63) is 120 Å². The van der Waals surface area contributed by atoms with E-state index in [0.29, 0.717) is 5.11 Å². The first-order valence-corrected chi connectivity index (χ1v) is 12.8. The summed E-state index contributed by atoms with van der Waals surface area (Å²) in [6.07, 6.45) is 1.84. The maximum Gasteiger partial charge on any atom is 0.174 e. The lowest BCUT2D eigenvalue weighted by Crippen LogP contribution is -2.30. The van der Waals surface area contributed by atoms with Crippen LogP contribution in [0.1, 0.15) is 34.7 Å². The number of pyridine rings is 1. The lowest BCUT2D eigenvalue weighted by Gasteiger charge is -2.29. The second-order valence-corrected chi connectivity index (χ2v) is 9.72. The number of nitrogens with zero attached hydrogens (tertiary/aromatic N) is 3. The SMILES string of the molecule is COc1ccccc1N1C(=S)N[C@H](c2ccccn2)[C@H]1c1cc(C)n(-c2cccc3ccccc23)c1C. The van der Waals surface area contributed by atoms with E-state index >= 15 is 0 Å². The van der Waals surface area contributed by atoms with Gasteiger partial charge < -0.3 is 19.5 Å². The summed E-state index contributed by atoms with van der Waals surface area (Å²) in [4.78, 5) is 6.90. The number of nitrogens with one attached hydrogen (secondary N) is 1. The minimum absolute atomic E-state index is 0.117. The number of anilines is 1. The Kier molecular flexibility index (Phi) is 5.89. The Labute approximate surface area is 222 Å². The molecule has 0 radical (unpaired) electrons. The van der Waals surface area contributed by atoms with E-state index < -0.39 is 0 Å². The Balaban J connectivity index is 1.57. The fourth-order valence-electron chi connectivity index (χ4n) is 5.62. The average Bonchev–Trinajstić information content (AvgIpc) is 3.43. The molecule has 0 amide bonds. The lowest BCUT2D eigenvalue weighted by molar-refractivity contribution is 0.414. The van der Waals surface area contributed by atoms with Crippen LogP contribution in [-0.2, 0) is 0 Å². The number of thiocarbonyl (C=S) groups is 1. The van der Waals surface area contributed by atoms with Crippen molar-refractivity contribution in [1.29, 1.82) is 0 Å². The van der Waals surface area contributed by atoms with E-state index in [1.807, 2.05) is 36.5 Å². The minimum atomic E-state index is -0.125. The molecule has 6 heteroatoms. The summed E-state index contributed by atoms with van der Waals surface area (Å²) in [7, 11) is 1.70. The molecule has 3 heterocycles. The van der Waals surface area contributed by atoms with Crippen molar-refractivity contribution in [2.75, 3.05) is 12.0 Å². The normalized spacial score (nSPS) is 17.3. The molecule has 0 unspecified atom stereocenters. The van der Waals surface area contributed by atoms with Crippen LogP contribution in [0.4, 0.5) is 5.69 Å². The van der Waals surface area contributed by atoms with Crippen molar-refractivity contribution < 1.29 is 4.74 Å². The van der Waals surface area contributed by atoms with Gasteiger partial charge in [0.1, 0.15) is 5.75 Å². The number of para-hydroxylation sites is 2. The number of fused-ring (bicyclic) bond motifs is 1. The standard InChI is InChI=1S/C31H28N4OS/c1-20-19-24(21(2)34(20)26-16-10-12-22-11-4-5-13-23(22)26)30-29(25-14-8-9-18-32-25)33-31(37)35(30)27-15-6-7-17-28(27)36-3/h4-19,29-30H,1-3H3,(H,33,37)/t29-,30-/m1/s1. The first kappa shape index (κ1) is 23.3. The van der Waals surface area contributed by atoms with Gasteiger partial charge in [-0.15, -0.1) is 0 Å². The van der Waals surface area contributed by atoms with Crippen molar-refractivity contribution in [3.63, 3.8) is 0 Å². The number of benzene rings is 3. The number of hydrogen-bond donors (Lipinski definition) is 1. The van der Waals surface area contributed by atoms with Crippen molar-refractivity contribution in [1.82, 2.24) is 14.9 Å². The van der Waals surface area contributed by atoms with Gasteiger partial charge in [0.15, 0.2) is 5.11 Å². The molecule has 1 aliphatic rings. The van der Waals surface area contributed by atoms with Gasteiger partial charge in [-0.2, -0.15) is 0 Å². The molecule has 0 aliphatic carbocycles. The third-order valence-electron chi connectivity index (χ3n) is 7.24. The van der Waals surface area contributed by atoms with E-state index in [9.17, 15) is 0 Å². The lowest BCUT2D eigenvalue weighted by atomic mass is 9.96. The van der Waals surface area contributed by atoms with Crippen LogP contribution in [0.5, 0.6) is 5.75 Å². The first-order chi connectivity index (χ1) is 18.1. The van der Waals surface area contributed by atoms with Gasteiger partial charge in [0, 0.05) is 23.0 Å². The molecular weight excluding hydrogens is 476 g/mol.